The van der Waals surface area contributed by atoms with Crippen molar-refractivity contribution in [1.82, 2.24) is 5.32 Å². The zero-order valence-corrected chi connectivity index (χ0v) is 18.3. The highest BCUT2D eigenvalue weighted by molar-refractivity contribution is 7.90. The van der Waals surface area contributed by atoms with Crippen LogP contribution in [0.3, 0.4) is 0 Å². The van der Waals surface area contributed by atoms with Gasteiger partial charge in [-0.1, -0.05) is 30.3 Å². The maximum absolute atomic E-state index is 12.7. The number of anilines is 1. The summed E-state index contributed by atoms with van der Waals surface area (Å²) < 4.78 is 29.3. The van der Waals surface area contributed by atoms with Crippen LogP contribution in [-0.4, -0.2) is 37.8 Å². The number of nitrogens with one attached hydrogen (secondary N) is 2. The first-order chi connectivity index (χ1) is 13.9. The van der Waals surface area contributed by atoms with Crippen molar-refractivity contribution in [2.45, 2.75) is 49.6 Å². The fourth-order valence-corrected chi connectivity index (χ4v) is 3.96. The molecule has 0 heterocycles. The lowest BCUT2D eigenvalue weighted by atomic mass is 10.1. The van der Waals surface area contributed by atoms with Crippen molar-refractivity contribution in [2.24, 2.45) is 0 Å². The van der Waals surface area contributed by atoms with Gasteiger partial charge >= 0.3 is 6.09 Å². The molecule has 7 nitrogen and oxygen atoms in total. The van der Waals surface area contributed by atoms with Gasteiger partial charge in [-0.2, -0.15) is 0 Å². The quantitative estimate of drug-likeness (QED) is 0.752. The first-order valence-electron chi connectivity index (χ1n) is 9.62. The average molecular weight is 431 g/mol. The molecule has 0 spiro atoms. The Bertz CT molecular complexity index is 1070. The van der Waals surface area contributed by atoms with Crippen LogP contribution in [0.4, 0.5) is 10.5 Å². The Hall–Kier alpha value is -2.87. The predicted octanol–water partition coefficient (Wildman–Crippen LogP) is 3.75. The van der Waals surface area contributed by atoms with E-state index < -0.39 is 27.1 Å². The van der Waals surface area contributed by atoms with Gasteiger partial charge in [-0.05, 0) is 57.4 Å². The van der Waals surface area contributed by atoms with E-state index in [1.807, 2.05) is 0 Å². The highest BCUT2D eigenvalue weighted by Crippen LogP contribution is 2.37. The lowest BCUT2D eigenvalue weighted by Crippen LogP contribution is -2.47. The molecule has 2 aromatic rings. The monoisotopic (exact) mass is 430 g/mol. The van der Waals surface area contributed by atoms with Crippen LogP contribution in [0, 0.1) is 0 Å². The zero-order valence-electron chi connectivity index (χ0n) is 17.5. The second kappa shape index (κ2) is 7.75. The molecule has 0 aliphatic heterocycles. The van der Waals surface area contributed by atoms with E-state index in [0.29, 0.717) is 24.1 Å². The summed E-state index contributed by atoms with van der Waals surface area (Å²) in [5.41, 5.74) is 0.279. The SMILES string of the molecule is CC(C)(C)OC(=O)NC1(C(=O)Nc2ccc(-c3ccccc3S(C)(=O)=O)cc2)CC1. The molecule has 1 saturated carbocycles. The maximum Gasteiger partial charge on any atom is 0.408 e. The summed E-state index contributed by atoms with van der Waals surface area (Å²) in [6.45, 7) is 5.28. The lowest BCUT2D eigenvalue weighted by Gasteiger charge is -2.23. The molecular weight excluding hydrogens is 404 g/mol. The van der Waals surface area contributed by atoms with Crippen molar-refractivity contribution < 1.29 is 22.7 Å². The minimum atomic E-state index is -3.37. The van der Waals surface area contributed by atoms with E-state index >= 15 is 0 Å². The van der Waals surface area contributed by atoms with Gasteiger partial charge in [-0.3, -0.25) is 4.79 Å². The van der Waals surface area contributed by atoms with Crippen molar-refractivity contribution in [3.8, 4) is 11.1 Å². The molecule has 3 rings (SSSR count). The minimum absolute atomic E-state index is 0.250. The van der Waals surface area contributed by atoms with E-state index in [1.54, 1.807) is 69.3 Å². The van der Waals surface area contributed by atoms with Gasteiger partial charge in [-0.25, -0.2) is 13.2 Å². The average Bonchev–Trinajstić information content (AvgIpc) is 3.40. The molecular formula is C22H26N2O5S. The highest BCUT2D eigenvalue weighted by atomic mass is 32.2. The Morgan fingerprint density at radius 2 is 1.60 bits per heavy atom. The van der Waals surface area contributed by atoms with Crippen LogP contribution in [0.15, 0.2) is 53.4 Å². The summed E-state index contributed by atoms with van der Waals surface area (Å²) in [6, 6.07) is 13.7. The number of amides is 2. The van der Waals surface area contributed by atoms with Crippen molar-refractivity contribution in [1.29, 1.82) is 0 Å². The summed E-state index contributed by atoms with van der Waals surface area (Å²) in [4.78, 5) is 25.0. The molecule has 0 atom stereocenters. The van der Waals surface area contributed by atoms with Gasteiger partial charge in [0.05, 0.1) is 4.90 Å². The van der Waals surface area contributed by atoms with Crippen LogP contribution in [0.5, 0.6) is 0 Å². The Labute approximate surface area is 176 Å². The Morgan fingerprint density at radius 1 is 1.00 bits per heavy atom. The number of sulfone groups is 1. The molecule has 0 unspecified atom stereocenters. The molecule has 0 saturated heterocycles. The second-order valence-electron chi connectivity index (χ2n) is 8.51. The molecule has 0 aromatic heterocycles. The third-order valence-corrected chi connectivity index (χ3v) is 5.82. The number of hydrogen-bond donors (Lipinski definition) is 2. The fraction of sp³-hybridized carbons (Fsp3) is 0.364. The van der Waals surface area contributed by atoms with Crippen LogP contribution >= 0.6 is 0 Å². The number of hydrogen-bond acceptors (Lipinski definition) is 5. The van der Waals surface area contributed by atoms with Crippen LogP contribution < -0.4 is 10.6 Å². The largest absolute Gasteiger partial charge is 0.444 e. The van der Waals surface area contributed by atoms with E-state index in [4.69, 9.17) is 4.74 Å². The minimum Gasteiger partial charge on any atom is -0.444 e. The van der Waals surface area contributed by atoms with Crippen molar-refractivity contribution in [3.63, 3.8) is 0 Å². The van der Waals surface area contributed by atoms with Crippen molar-refractivity contribution in [3.05, 3.63) is 48.5 Å². The van der Waals surface area contributed by atoms with Crippen LogP contribution in [-0.2, 0) is 19.4 Å². The van der Waals surface area contributed by atoms with Crippen molar-refractivity contribution in [2.75, 3.05) is 11.6 Å². The Kier molecular flexibility index (Phi) is 5.64. The number of ether oxygens (including phenoxy) is 1. The number of carbonyl (C=O) groups is 2. The molecule has 30 heavy (non-hydrogen) atoms. The maximum atomic E-state index is 12.7. The molecule has 2 N–H and O–H groups in total. The topological polar surface area (TPSA) is 102 Å². The van der Waals surface area contributed by atoms with Gasteiger partial charge in [0, 0.05) is 17.5 Å². The summed E-state index contributed by atoms with van der Waals surface area (Å²) in [6.07, 6.45) is 1.63. The number of alkyl carbamates (subject to hydrolysis) is 1. The third kappa shape index (κ3) is 5.18. The molecule has 8 heteroatoms. The zero-order chi connectivity index (χ0) is 22.2. The van der Waals surface area contributed by atoms with Gasteiger partial charge in [0.25, 0.3) is 0 Å². The predicted molar refractivity (Wildman–Crippen MR) is 115 cm³/mol. The Morgan fingerprint density at radius 3 is 2.13 bits per heavy atom. The third-order valence-electron chi connectivity index (χ3n) is 4.67. The summed E-state index contributed by atoms with van der Waals surface area (Å²) >= 11 is 0. The summed E-state index contributed by atoms with van der Waals surface area (Å²) in [5, 5.41) is 5.47. The number of rotatable bonds is 5. The molecule has 1 aliphatic rings. The standard InChI is InChI=1S/C22H26N2O5S/c1-21(2,3)29-20(26)24-22(13-14-22)19(25)23-16-11-9-15(10-12-16)17-7-5-6-8-18(17)30(4,27)28/h5-12H,13-14H2,1-4H3,(H,23,25)(H,24,26). The molecule has 0 bridgehead atoms. The smallest absolute Gasteiger partial charge is 0.408 e. The Balaban J connectivity index is 1.71. The van der Waals surface area contributed by atoms with Crippen LogP contribution in [0.2, 0.25) is 0 Å². The van der Waals surface area contributed by atoms with Crippen LogP contribution in [0.1, 0.15) is 33.6 Å². The molecule has 160 valence electrons. The molecule has 1 fully saturated rings. The van der Waals surface area contributed by atoms with Gasteiger partial charge < -0.3 is 15.4 Å². The lowest BCUT2D eigenvalue weighted by molar-refractivity contribution is -0.119. The molecule has 0 radical (unpaired) electrons. The summed E-state index contributed by atoms with van der Waals surface area (Å²) in [5.74, 6) is -0.308. The normalized spacial score (nSPS) is 15.2. The van der Waals surface area contributed by atoms with Crippen LogP contribution in [0.25, 0.3) is 11.1 Å². The van der Waals surface area contributed by atoms with Gasteiger partial charge in [0.15, 0.2) is 9.84 Å². The fourth-order valence-electron chi connectivity index (χ4n) is 3.05. The summed E-state index contributed by atoms with van der Waals surface area (Å²) in [7, 11) is -3.37. The molecule has 2 aromatic carbocycles. The van der Waals surface area contributed by atoms with Gasteiger partial charge in [0.2, 0.25) is 5.91 Å². The highest BCUT2D eigenvalue weighted by Gasteiger charge is 2.52. The van der Waals surface area contributed by atoms with E-state index in [1.165, 1.54) is 6.26 Å². The molecule has 1 aliphatic carbocycles. The number of benzene rings is 2. The molecule has 2 amide bonds. The van der Waals surface area contributed by atoms with E-state index in [0.717, 1.165) is 5.56 Å². The first kappa shape index (κ1) is 21.8. The van der Waals surface area contributed by atoms with Gasteiger partial charge in [0.1, 0.15) is 11.1 Å². The van der Waals surface area contributed by atoms with Gasteiger partial charge in [-0.15, -0.1) is 0 Å². The second-order valence-corrected chi connectivity index (χ2v) is 10.5. The van der Waals surface area contributed by atoms with E-state index in [2.05, 4.69) is 10.6 Å². The first-order valence-corrected chi connectivity index (χ1v) is 11.5. The van der Waals surface area contributed by atoms with E-state index in [9.17, 15) is 18.0 Å². The van der Waals surface area contributed by atoms with Crippen molar-refractivity contribution >= 4 is 27.5 Å². The van der Waals surface area contributed by atoms with E-state index in [-0.39, 0.29) is 10.8 Å². The number of carbonyl (C=O) groups excluding carboxylic acids is 2.